The first-order chi connectivity index (χ1) is 10.0. The van der Waals surface area contributed by atoms with Crippen LogP contribution in [0, 0.1) is 10.1 Å². The number of carbonyl (C=O) groups excluding carboxylic acids is 1. The van der Waals surface area contributed by atoms with Gasteiger partial charge in [0.05, 0.1) is 10.5 Å². The van der Waals surface area contributed by atoms with Crippen LogP contribution < -0.4 is 9.64 Å². The number of nitro benzene ring substituents is 1. The van der Waals surface area contributed by atoms with E-state index in [1.165, 1.54) is 18.2 Å². The van der Waals surface area contributed by atoms with Crippen molar-refractivity contribution < 1.29 is 14.5 Å². The second-order valence-electron chi connectivity index (χ2n) is 4.59. The summed E-state index contributed by atoms with van der Waals surface area (Å²) >= 11 is 0. The Hall–Kier alpha value is -2.89. The van der Waals surface area contributed by atoms with Crippen LogP contribution in [0.2, 0.25) is 0 Å². The molecule has 0 bridgehead atoms. The number of rotatable bonds is 5. The van der Waals surface area contributed by atoms with E-state index in [0.717, 1.165) is 5.69 Å². The summed E-state index contributed by atoms with van der Waals surface area (Å²) in [5.74, 6) is 0.838. The van der Waals surface area contributed by atoms with Crippen molar-refractivity contribution in [3.63, 3.8) is 0 Å². The van der Waals surface area contributed by atoms with Crippen LogP contribution in [0.3, 0.4) is 0 Å². The zero-order valence-corrected chi connectivity index (χ0v) is 11.6. The van der Waals surface area contributed by atoms with Crippen LogP contribution in [-0.2, 0) is 0 Å². The third-order valence-corrected chi connectivity index (χ3v) is 2.89. The Kier molecular flexibility index (Phi) is 4.18. The second kappa shape index (κ2) is 6.04. The normalized spacial score (nSPS) is 10.0. The Bertz CT molecular complexity index is 683. The minimum atomic E-state index is -0.552. The molecule has 2 aromatic carbocycles. The first kappa shape index (κ1) is 14.5. The van der Waals surface area contributed by atoms with E-state index in [-0.39, 0.29) is 17.0 Å². The van der Waals surface area contributed by atoms with Crippen molar-refractivity contribution in [2.75, 3.05) is 19.0 Å². The van der Waals surface area contributed by atoms with Gasteiger partial charge in [-0.15, -0.1) is 0 Å². The quantitative estimate of drug-likeness (QED) is 0.479. The van der Waals surface area contributed by atoms with E-state index < -0.39 is 4.92 Å². The summed E-state index contributed by atoms with van der Waals surface area (Å²) in [5.41, 5.74) is 0.938. The fraction of sp³-hybridized carbons (Fsp3) is 0.133. The van der Waals surface area contributed by atoms with Gasteiger partial charge in [0.1, 0.15) is 11.5 Å². The number of anilines is 1. The summed E-state index contributed by atoms with van der Waals surface area (Å²) in [6.45, 7) is 0. The predicted octanol–water partition coefficient (Wildman–Crippen LogP) is 3.27. The molecule has 0 spiro atoms. The Labute approximate surface area is 121 Å². The molecule has 6 nitrogen and oxygen atoms in total. The summed E-state index contributed by atoms with van der Waals surface area (Å²) in [5, 5.41) is 10.7. The maximum absolute atomic E-state index is 11.1. The molecule has 0 aliphatic heterocycles. The van der Waals surface area contributed by atoms with Crippen LogP contribution >= 0.6 is 0 Å². The number of ether oxygens (including phenoxy) is 1. The lowest BCUT2D eigenvalue weighted by molar-refractivity contribution is -0.384. The SMILES string of the molecule is CN(C)c1cccc(Oc2ccc([N+](=O)[O-])cc2C=O)c1. The highest BCUT2D eigenvalue weighted by atomic mass is 16.6. The fourth-order valence-corrected chi connectivity index (χ4v) is 1.79. The molecular weight excluding hydrogens is 272 g/mol. The molecule has 0 saturated heterocycles. The van der Waals surface area contributed by atoms with E-state index >= 15 is 0 Å². The third-order valence-electron chi connectivity index (χ3n) is 2.89. The Balaban J connectivity index is 2.33. The van der Waals surface area contributed by atoms with Crippen molar-refractivity contribution in [3.8, 4) is 11.5 Å². The molecule has 2 aromatic rings. The molecule has 2 rings (SSSR count). The molecule has 0 unspecified atom stereocenters. The molecule has 0 amide bonds. The molecule has 0 saturated carbocycles. The molecular formula is C15H14N2O4. The number of hydrogen-bond acceptors (Lipinski definition) is 5. The average molecular weight is 286 g/mol. The molecule has 0 aliphatic rings. The molecule has 0 fully saturated rings. The lowest BCUT2D eigenvalue weighted by Gasteiger charge is -2.14. The van der Waals surface area contributed by atoms with Crippen LogP contribution in [0.4, 0.5) is 11.4 Å². The van der Waals surface area contributed by atoms with E-state index in [9.17, 15) is 14.9 Å². The first-order valence-electron chi connectivity index (χ1n) is 6.20. The molecule has 0 atom stereocenters. The lowest BCUT2D eigenvalue weighted by atomic mass is 10.2. The van der Waals surface area contributed by atoms with Gasteiger partial charge in [-0.2, -0.15) is 0 Å². The molecule has 0 aromatic heterocycles. The van der Waals surface area contributed by atoms with Crippen LogP contribution in [0.1, 0.15) is 10.4 Å². The number of nitrogens with zero attached hydrogens (tertiary/aromatic N) is 2. The number of nitro groups is 1. The molecule has 6 heteroatoms. The van der Waals surface area contributed by atoms with Crippen molar-refractivity contribution in [2.24, 2.45) is 0 Å². The zero-order valence-electron chi connectivity index (χ0n) is 11.6. The summed E-state index contributed by atoms with van der Waals surface area (Å²) in [6, 6.07) is 11.2. The second-order valence-corrected chi connectivity index (χ2v) is 4.59. The van der Waals surface area contributed by atoms with Gasteiger partial charge < -0.3 is 9.64 Å². The first-order valence-corrected chi connectivity index (χ1v) is 6.20. The van der Waals surface area contributed by atoms with Gasteiger partial charge in [-0.25, -0.2) is 0 Å². The summed E-state index contributed by atoms with van der Waals surface area (Å²) in [7, 11) is 3.81. The van der Waals surface area contributed by atoms with Crippen molar-refractivity contribution in [1.29, 1.82) is 0 Å². The number of non-ortho nitro benzene ring substituents is 1. The molecule has 0 N–H and O–H groups in total. The van der Waals surface area contributed by atoms with Gasteiger partial charge in [0, 0.05) is 38.0 Å². The summed E-state index contributed by atoms with van der Waals surface area (Å²) in [4.78, 5) is 23.1. The maximum atomic E-state index is 11.1. The van der Waals surface area contributed by atoms with Crippen LogP contribution in [-0.4, -0.2) is 25.3 Å². The predicted molar refractivity (Wildman–Crippen MR) is 79.3 cm³/mol. The topological polar surface area (TPSA) is 72.7 Å². The smallest absolute Gasteiger partial charge is 0.270 e. The molecule has 21 heavy (non-hydrogen) atoms. The number of benzene rings is 2. The van der Waals surface area contributed by atoms with Crippen LogP contribution in [0.5, 0.6) is 11.5 Å². The highest BCUT2D eigenvalue weighted by Gasteiger charge is 2.12. The van der Waals surface area contributed by atoms with Crippen LogP contribution in [0.15, 0.2) is 42.5 Å². The van der Waals surface area contributed by atoms with Crippen molar-refractivity contribution in [1.82, 2.24) is 0 Å². The van der Waals surface area contributed by atoms with E-state index in [0.29, 0.717) is 12.0 Å². The largest absolute Gasteiger partial charge is 0.457 e. The van der Waals surface area contributed by atoms with Gasteiger partial charge >= 0.3 is 0 Å². The third kappa shape index (κ3) is 3.36. The standard InChI is InChI=1S/C15H14N2O4/c1-16(2)12-4-3-5-14(9-12)21-15-7-6-13(17(19)20)8-11(15)10-18/h3-10H,1-2H3. The van der Waals surface area contributed by atoms with Gasteiger partial charge in [-0.05, 0) is 18.2 Å². The van der Waals surface area contributed by atoms with Gasteiger partial charge in [-0.3, -0.25) is 14.9 Å². The molecule has 0 aliphatic carbocycles. The van der Waals surface area contributed by atoms with Gasteiger partial charge in [-0.1, -0.05) is 6.07 Å². The van der Waals surface area contributed by atoms with Crippen molar-refractivity contribution in [3.05, 3.63) is 58.1 Å². The number of hydrogen-bond donors (Lipinski definition) is 0. The Morgan fingerprint density at radius 3 is 2.57 bits per heavy atom. The van der Waals surface area contributed by atoms with Gasteiger partial charge in [0.25, 0.3) is 5.69 Å². The lowest BCUT2D eigenvalue weighted by Crippen LogP contribution is -2.08. The monoisotopic (exact) mass is 286 g/mol. The van der Waals surface area contributed by atoms with Gasteiger partial charge in [0.2, 0.25) is 0 Å². The van der Waals surface area contributed by atoms with E-state index in [4.69, 9.17) is 4.74 Å². The Morgan fingerprint density at radius 1 is 1.19 bits per heavy atom. The van der Waals surface area contributed by atoms with Crippen molar-refractivity contribution in [2.45, 2.75) is 0 Å². The minimum Gasteiger partial charge on any atom is -0.457 e. The highest BCUT2D eigenvalue weighted by Crippen LogP contribution is 2.29. The maximum Gasteiger partial charge on any atom is 0.270 e. The van der Waals surface area contributed by atoms with E-state index in [1.54, 1.807) is 6.07 Å². The fourth-order valence-electron chi connectivity index (χ4n) is 1.79. The number of aldehydes is 1. The molecule has 108 valence electrons. The van der Waals surface area contributed by atoms with E-state index in [1.807, 2.05) is 37.2 Å². The summed E-state index contributed by atoms with van der Waals surface area (Å²) < 4.78 is 5.65. The Morgan fingerprint density at radius 2 is 1.95 bits per heavy atom. The van der Waals surface area contributed by atoms with Gasteiger partial charge in [0.15, 0.2) is 6.29 Å². The van der Waals surface area contributed by atoms with Crippen molar-refractivity contribution >= 4 is 17.7 Å². The minimum absolute atomic E-state index is 0.138. The average Bonchev–Trinajstić information content (AvgIpc) is 2.47. The van der Waals surface area contributed by atoms with E-state index in [2.05, 4.69) is 0 Å². The van der Waals surface area contributed by atoms with Crippen LogP contribution in [0.25, 0.3) is 0 Å². The highest BCUT2D eigenvalue weighted by molar-refractivity contribution is 5.81. The molecule has 0 radical (unpaired) electrons. The summed E-state index contributed by atoms with van der Waals surface area (Å²) in [6.07, 6.45) is 0.540. The zero-order chi connectivity index (χ0) is 15.4. The number of carbonyl (C=O) groups is 1. The molecule has 0 heterocycles.